The van der Waals surface area contributed by atoms with Gasteiger partial charge < -0.3 is 15.0 Å². The number of fused-ring (bicyclic) bond motifs is 2. The average Bonchev–Trinajstić information content (AvgIpc) is 3.13. The van der Waals surface area contributed by atoms with Crippen LogP contribution in [0, 0.1) is 17.8 Å². The minimum Gasteiger partial charge on any atom is -0.444 e. The highest BCUT2D eigenvalue weighted by Gasteiger charge is 2.61. The second-order valence-electron chi connectivity index (χ2n) is 9.73. The van der Waals surface area contributed by atoms with Gasteiger partial charge >= 0.3 is 6.09 Å². The van der Waals surface area contributed by atoms with Gasteiger partial charge in [-0.25, -0.2) is 4.79 Å². The van der Waals surface area contributed by atoms with Crippen molar-refractivity contribution in [2.45, 2.75) is 45.8 Å². The summed E-state index contributed by atoms with van der Waals surface area (Å²) in [7, 11) is 0. The summed E-state index contributed by atoms with van der Waals surface area (Å²) < 4.78 is 5.44. The third-order valence-corrected chi connectivity index (χ3v) is 5.85. The Kier molecular flexibility index (Phi) is 4.56. The summed E-state index contributed by atoms with van der Waals surface area (Å²) >= 11 is 0. The van der Waals surface area contributed by atoms with Crippen LogP contribution in [0.3, 0.4) is 0 Å². The summed E-state index contributed by atoms with van der Waals surface area (Å²) in [5.74, 6) is 0.448. The zero-order valence-corrected chi connectivity index (χ0v) is 17.7. The number of ether oxygens (including phenoxy) is 1. The molecule has 1 aromatic heterocycles. The Labute approximate surface area is 171 Å². The lowest BCUT2D eigenvalue weighted by atomic mass is 9.94. The molecular weight excluding hydrogens is 366 g/mol. The molecule has 1 N–H and O–H groups in total. The molecule has 0 spiro atoms. The summed E-state index contributed by atoms with van der Waals surface area (Å²) in [6.45, 7) is 10.7. The lowest BCUT2D eigenvalue weighted by Gasteiger charge is -2.28. The van der Waals surface area contributed by atoms with Crippen LogP contribution >= 0.6 is 0 Å². The molecule has 4 rings (SSSR count). The zero-order chi connectivity index (χ0) is 21.0. The van der Waals surface area contributed by atoms with Gasteiger partial charge in [-0.3, -0.25) is 9.78 Å². The fraction of sp³-hybridized carbons (Fsp3) is 0.522. The first-order valence-corrected chi connectivity index (χ1v) is 10.2. The van der Waals surface area contributed by atoms with E-state index in [9.17, 15) is 9.59 Å². The van der Waals surface area contributed by atoms with Crippen LogP contribution in [0.15, 0.2) is 36.5 Å². The van der Waals surface area contributed by atoms with Crippen molar-refractivity contribution in [3.8, 4) is 0 Å². The highest BCUT2D eigenvalue weighted by atomic mass is 16.6. The molecule has 2 aromatic rings. The lowest BCUT2D eigenvalue weighted by molar-refractivity contribution is -0.125. The van der Waals surface area contributed by atoms with Crippen molar-refractivity contribution < 1.29 is 14.3 Å². The number of rotatable bonds is 3. The number of amides is 2. The van der Waals surface area contributed by atoms with E-state index in [1.807, 2.05) is 58.9 Å². The lowest BCUT2D eigenvalue weighted by Crippen LogP contribution is -2.44. The van der Waals surface area contributed by atoms with Crippen LogP contribution in [0.25, 0.3) is 10.8 Å². The van der Waals surface area contributed by atoms with Gasteiger partial charge in [-0.05, 0) is 57.9 Å². The number of carbonyl (C=O) groups is 2. The monoisotopic (exact) mass is 395 g/mol. The van der Waals surface area contributed by atoms with Gasteiger partial charge in [-0.2, -0.15) is 0 Å². The predicted octanol–water partition coefficient (Wildman–Crippen LogP) is 3.70. The number of hydrogen-bond acceptors (Lipinski definition) is 4. The number of likely N-dealkylation sites (tertiary alicyclic amines) is 1. The first-order chi connectivity index (χ1) is 13.6. The Balaban J connectivity index is 1.41. The van der Waals surface area contributed by atoms with Gasteiger partial charge in [0.15, 0.2) is 0 Å². The molecule has 1 saturated heterocycles. The molecule has 154 valence electrons. The van der Waals surface area contributed by atoms with Crippen LogP contribution in [-0.2, 0) is 15.1 Å². The fourth-order valence-corrected chi connectivity index (χ4v) is 4.46. The first-order valence-electron chi connectivity index (χ1n) is 10.2. The molecule has 1 aliphatic heterocycles. The molecule has 29 heavy (non-hydrogen) atoms. The normalized spacial score (nSPS) is 23.6. The van der Waals surface area contributed by atoms with Crippen molar-refractivity contribution in [3.63, 3.8) is 0 Å². The Hall–Kier alpha value is -2.63. The van der Waals surface area contributed by atoms with Gasteiger partial charge in [0.05, 0.1) is 11.2 Å². The van der Waals surface area contributed by atoms with Crippen LogP contribution in [0.2, 0.25) is 0 Å². The Bertz CT molecular complexity index is 946. The summed E-state index contributed by atoms with van der Waals surface area (Å²) in [5, 5.41) is 5.36. The third kappa shape index (κ3) is 3.80. The number of hydrogen-bond donors (Lipinski definition) is 1. The molecule has 6 nitrogen and oxygen atoms in total. The fourth-order valence-electron chi connectivity index (χ4n) is 4.46. The van der Waals surface area contributed by atoms with Crippen molar-refractivity contribution in [3.05, 3.63) is 42.2 Å². The molecule has 0 unspecified atom stereocenters. The largest absolute Gasteiger partial charge is 0.444 e. The van der Waals surface area contributed by atoms with Gasteiger partial charge in [-0.1, -0.05) is 24.3 Å². The maximum Gasteiger partial charge on any atom is 0.410 e. The minimum atomic E-state index is -0.584. The van der Waals surface area contributed by atoms with Crippen molar-refractivity contribution in [1.82, 2.24) is 15.2 Å². The molecule has 0 radical (unpaired) electrons. The van der Waals surface area contributed by atoms with Gasteiger partial charge in [0.25, 0.3) is 0 Å². The molecule has 6 heteroatoms. The SMILES string of the molecule is CC(C)(C)OC(=O)N1C[C@@H]2[C@H](C1)[C@H]2C(=O)NC(C)(C)c1nccc2ccccc12. The molecule has 2 aliphatic rings. The Morgan fingerprint density at radius 1 is 1.07 bits per heavy atom. The number of piperidine rings is 1. The number of nitrogens with zero attached hydrogens (tertiary/aromatic N) is 2. The van der Waals surface area contributed by atoms with E-state index in [0.717, 1.165) is 16.5 Å². The number of aromatic nitrogens is 1. The smallest absolute Gasteiger partial charge is 0.410 e. The van der Waals surface area contributed by atoms with Gasteiger partial charge in [-0.15, -0.1) is 0 Å². The Morgan fingerprint density at radius 2 is 1.72 bits per heavy atom. The highest BCUT2D eigenvalue weighted by Crippen LogP contribution is 2.52. The molecule has 2 fully saturated rings. The molecule has 2 heterocycles. The van der Waals surface area contributed by atoms with E-state index in [-0.39, 0.29) is 29.8 Å². The minimum absolute atomic E-state index is 0.0389. The number of pyridine rings is 1. The summed E-state index contributed by atoms with van der Waals surface area (Å²) in [4.78, 5) is 31.5. The van der Waals surface area contributed by atoms with Crippen molar-refractivity contribution in [2.75, 3.05) is 13.1 Å². The van der Waals surface area contributed by atoms with Gasteiger partial charge in [0.2, 0.25) is 5.91 Å². The number of nitrogens with one attached hydrogen (secondary N) is 1. The number of carbonyl (C=O) groups excluding carboxylic acids is 2. The molecular formula is C23H29N3O3. The second kappa shape index (κ2) is 6.71. The van der Waals surface area contributed by atoms with Crippen LogP contribution in [-0.4, -0.2) is 40.6 Å². The summed E-state index contributed by atoms with van der Waals surface area (Å²) in [6.07, 6.45) is 1.50. The molecule has 2 amide bonds. The molecule has 1 saturated carbocycles. The molecule has 1 aromatic carbocycles. The highest BCUT2D eigenvalue weighted by molar-refractivity contribution is 5.87. The third-order valence-electron chi connectivity index (χ3n) is 5.85. The van der Waals surface area contributed by atoms with Crippen LogP contribution in [0.5, 0.6) is 0 Å². The molecule has 0 bridgehead atoms. The van der Waals surface area contributed by atoms with Crippen LogP contribution in [0.1, 0.15) is 40.3 Å². The van der Waals surface area contributed by atoms with Crippen molar-refractivity contribution in [1.29, 1.82) is 0 Å². The quantitative estimate of drug-likeness (QED) is 0.860. The van der Waals surface area contributed by atoms with E-state index >= 15 is 0 Å². The van der Waals surface area contributed by atoms with E-state index < -0.39 is 11.1 Å². The first kappa shape index (κ1) is 19.7. The van der Waals surface area contributed by atoms with E-state index in [1.54, 1.807) is 11.1 Å². The van der Waals surface area contributed by atoms with Gasteiger partial charge in [0.1, 0.15) is 5.60 Å². The van der Waals surface area contributed by atoms with Crippen molar-refractivity contribution >= 4 is 22.8 Å². The van der Waals surface area contributed by atoms with E-state index in [0.29, 0.717) is 13.1 Å². The summed E-state index contributed by atoms with van der Waals surface area (Å²) in [6, 6.07) is 10.1. The topological polar surface area (TPSA) is 71.5 Å². The van der Waals surface area contributed by atoms with E-state index in [1.165, 1.54) is 0 Å². The maximum atomic E-state index is 13.0. The molecule has 1 aliphatic carbocycles. The summed E-state index contributed by atoms with van der Waals surface area (Å²) in [5.41, 5.74) is -0.222. The standard InChI is InChI=1S/C23H29N3O3/c1-22(2,3)29-21(28)26-12-16-17(13-26)18(16)20(27)25-23(4,5)19-15-9-7-6-8-14(15)10-11-24-19/h6-11,16-18H,12-13H2,1-5H3,(H,25,27)/t16-,17+,18+. The van der Waals surface area contributed by atoms with E-state index in [4.69, 9.17) is 4.74 Å². The van der Waals surface area contributed by atoms with Gasteiger partial charge in [0, 0.05) is 30.6 Å². The average molecular weight is 396 g/mol. The van der Waals surface area contributed by atoms with E-state index in [2.05, 4.69) is 16.4 Å². The predicted molar refractivity (Wildman–Crippen MR) is 111 cm³/mol. The van der Waals surface area contributed by atoms with Crippen molar-refractivity contribution in [2.24, 2.45) is 17.8 Å². The van der Waals surface area contributed by atoms with Crippen LogP contribution < -0.4 is 5.32 Å². The molecule has 3 atom stereocenters. The van der Waals surface area contributed by atoms with Crippen LogP contribution in [0.4, 0.5) is 4.79 Å². The number of benzene rings is 1. The zero-order valence-electron chi connectivity index (χ0n) is 17.7. The maximum absolute atomic E-state index is 13.0. The second-order valence-corrected chi connectivity index (χ2v) is 9.73. The Morgan fingerprint density at radius 3 is 2.38 bits per heavy atom.